The number of aliphatic hydroxyl groups excluding tert-OH is 1. The number of anilines is 1. The van der Waals surface area contributed by atoms with E-state index in [0.717, 1.165) is 32.2 Å². The van der Waals surface area contributed by atoms with Crippen LogP contribution in [0.1, 0.15) is 11.1 Å². The van der Waals surface area contributed by atoms with E-state index in [9.17, 15) is 0 Å². The van der Waals surface area contributed by atoms with Gasteiger partial charge in [-0.25, -0.2) is 4.98 Å². The summed E-state index contributed by atoms with van der Waals surface area (Å²) in [5, 5.41) is 14.7. The van der Waals surface area contributed by atoms with E-state index in [0.29, 0.717) is 6.54 Å². The van der Waals surface area contributed by atoms with Crippen LogP contribution in [0, 0.1) is 0 Å². The molecular formula is C17H15BrN2O. The molecule has 1 heterocycles. The highest BCUT2D eigenvalue weighted by Gasteiger charge is 2.04. The highest BCUT2D eigenvalue weighted by atomic mass is 79.9. The molecule has 0 fully saturated rings. The Morgan fingerprint density at radius 3 is 2.48 bits per heavy atom. The molecule has 0 amide bonds. The minimum Gasteiger partial charge on any atom is -0.392 e. The van der Waals surface area contributed by atoms with Gasteiger partial charge in [-0.15, -0.1) is 0 Å². The molecule has 0 radical (unpaired) electrons. The molecule has 0 saturated carbocycles. The summed E-state index contributed by atoms with van der Waals surface area (Å²) >= 11 is 3.56. The molecule has 3 rings (SSSR count). The maximum absolute atomic E-state index is 9.05. The number of hydrogen-bond donors (Lipinski definition) is 2. The summed E-state index contributed by atoms with van der Waals surface area (Å²) < 4.78 is 1.07. The fraction of sp³-hybridized carbons (Fsp3) is 0.118. The maximum Gasteiger partial charge on any atom is 0.134 e. The first kappa shape index (κ1) is 14.0. The summed E-state index contributed by atoms with van der Waals surface area (Å²) in [6.45, 7) is 0.775. The summed E-state index contributed by atoms with van der Waals surface area (Å²) in [5.74, 6) is 0.875. The van der Waals surface area contributed by atoms with Gasteiger partial charge >= 0.3 is 0 Å². The normalized spacial score (nSPS) is 10.8. The SMILES string of the molecule is OCc1ccc(CNc2nccc3c(Br)cccc23)cc1. The Morgan fingerprint density at radius 2 is 1.71 bits per heavy atom. The Hall–Kier alpha value is -1.91. The molecular weight excluding hydrogens is 328 g/mol. The number of aliphatic hydroxyl groups is 1. The smallest absolute Gasteiger partial charge is 0.134 e. The molecule has 4 heteroatoms. The van der Waals surface area contributed by atoms with Crippen molar-refractivity contribution in [2.45, 2.75) is 13.2 Å². The number of fused-ring (bicyclic) bond motifs is 1. The van der Waals surface area contributed by atoms with Crippen LogP contribution in [0.4, 0.5) is 5.82 Å². The van der Waals surface area contributed by atoms with Crippen molar-refractivity contribution in [2.75, 3.05) is 5.32 Å². The van der Waals surface area contributed by atoms with Gasteiger partial charge in [-0.1, -0.05) is 52.3 Å². The van der Waals surface area contributed by atoms with Gasteiger partial charge in [0.1, 0.15) is 5.82 Å². The van der Waals surface area contributed by atoms with Crippen LogP contribution in [-0.2, 0) is 13.2 Å². The van der Waals surface area contributed by atoms with E-state index in [2.05, 4.69) is 32.3 Å². The summed E-state index contributed by atoms with van der Waals surface area (Å²) in [6.07, 6.45) is 1.81. The van der Waals surface area contributed by atoms with Gasteiger partial charge in [0.15, 0.2) is 0 Å². The molecule has 0 atom stereocenters. The predicted octanol–water partition coefficient (Wildman–Crippen LogP) is 4.10. The van der Waals surface area contributed by atoms with E-state index in [1.54, 1.807) is 0 Å². The topological polar surface area (TPSA) is 45.1 Å². The van der Waals surface area contributed by atoms with E-state index in [1.165, 1.54) is 0 Å². The minimum absolute atomic E-state index is 0.0760. The molecule has 106 valence electrons. The molecule has 2 aromatic carbocycles. The number of nitrogens with zero attached hydrogens (tertiary/aromatic N) is 1. The average molecular weight is 343 g/mol. The van der Waals surface area contributed by atoms with Crippen LogP contribution in [0.15, 0.2) is 59.2 Å². The highest BCUT2D eigenvalue weighted by Crippen LogP contribution is 2.27. The largest absolute Gasteiger partial charge is 0.392 e. The quantitative estimate of drug-likeness (QED) is 0.750. The van der Waals surface area contributed by atoms with Crippen LogP contribution in [-0.4, -0.2) is 10.1 Å². The van der Waals surface area contributed by atoms with Gasteiger partial charge in [0, 0.05) is 28.0 Å². The Labute approximate surface area is 131 Å². The number of aromatic nitrogens is 1. The molecule has 0 aliphatic rings. The van der Waals surface area contributed by atoms with Gasteiger partial charge < -0.3 is 10.4 Å². The molecule has 0 saturated heterocycles. The standard InChI is InChI=1S/C17H15BrN2O/c18-16-3-1-2-15-14(16)8-9-19-17(15)20-10-12-4-6-13(11-21)7-5-12/h1-9,21H,10-11H2,(H,19,20). The Balaban J connectivity index is 1.83. The number of hydrogen-bond acceptors (Lipinski definition) is 3. The predicted molar refractivity (Wildman–Crippen MR) is 89.1 cm³/mol. The van der Waals surface area contributed by atoms with Crippen LogP contribution < -0.4 is 5.32 Å². The lowest BCUT2D eigenvalue weighted by Gasteiger charge is -2.10. The van der Waals surface area contributed by atoms with Crippen LogP contribution in [0.3, 0.4) is 0 Å². The van der Waals surface area contributed by atoms with Gasteiger partial charge in [0.2, 0.25) is 0 Å². The van der Waals surface area contributed by atoms with Crippen LogP contribution >= 0.6 is 15.9 Å². The molecule has 3 aromatic rings. The Morgan fingerprint density at radius 1 is 0.952 bits per heavy atom. The molecule has 0 spiro atoms. The lowest BCUT2D eigenvalue weighted by atomic mass is 10.1. The Bertz CT molecular complexity index is 756. The van der Waals surface area contributed by atoms with Crippen molar-refractivity contribution in [3.8, 4) is 0 Å². The first-order valence-electron chi connectivity index (χ1n) is 6.74. The molecule has 0 unspecified atom stereocenters. The fourth-order valence-corrected chi connectivity index (χ4v) is 2.76. The van der Waals surface area contributed by atoms with Gasteiger partial charge in [0.05, 0.1) is 6.61 Å². The van der Waals surface area contributed by atoms with Crippen LogP contribution in [0.25, 0.3) is 10.8 Å². The molecule has 21 heavy (non-hydrogen) atoms. The first-order valence-corrected chi connectivity index (χ1v) is 7.53. The van der Waals surface area contributed by atoms with E-state index in [1.807, 2.05) is 48.7 Å². The lowest BCUT2D eigenvalue weighted by Crippen LogP contribution is -2.02. The number of nitrogens with one attached hydrogen (secondary N) is 1. The second-order valence-electron chi connectivity index (χ2n) is 4.82. The number of benzene rings is 2. The zero-order valence-electron chi connectivity index (χ0n) is 11.4. The summed E-state index contributed by atoms with van der Waals surface area (Å²) in [6, 6.07) is 16.0. The van der Waals surface area contributed by atoms with Crippen molar-refractivity contribution in [2.24, 2.45) is 0 Å². The molecule has 2 N–H and O–H groups in total. The number of rotatable bonds is 4. The van der Waals surface area contributed by atoms with Crippen molar-refractivity contribution in [3.05, 3.63) is 70.3 Å². The Kier molecular flexibility index (Phi) is 4.18. The molecule has 0 bridgehead atoms. The molecule has 0 aliphatic heterocycles. The van der Waals surface area contributed by atoms with Gasteiger partial charge in [-0.05, 0) is 23.3 Å². The summed E-state index contributed by atoms with van der Waals surface area (Å²) in [7, 11) is 0. The van der Waals surface area contributed by atoms with E-state index >= 15 is 0 Å². The number of pyridine rings is 1. The van der Waals surface area contributed by atoms with Gasteiger partial charge in [-0.3, -0.25) is 0 Å². The van der Waals surface area contributed by atoms with E-state index < -0.39 is 0 Å². The zero-order valence-corrected chi connectivity index (χ0v) is 13.0. The summed E-state index contributed by atoms with van der Waals surface area (Å²) in [4.78, 5) is 4.42. The third-order valence-electron chi connectivity index (χ3n) is 3.42. The van der Waals surface area contributed by atoms with Crippen molar-refractivity contribution >= 4 is 32.5 Å². The third kappa shape index (κ3) is 3.06. The average Bonchev–Trinajstić information content (AvgIpc) is 2.54. The molecule has 0 aliphatic carbocycles. The first-order chi connectivity index (χ1) is 10.3. The van der Waals surface area contributed by atoms with Gasteiger partial charge in [0.25, 0.3) is 0 Å². The zero-order chi connectivity index (χ0) is 14.7. The maximum atomic E-state index is 9.05. The van der Waals surface area contributed by atoms with Crippen molar-refractivity contribution in [1.82, 2.24) is 4.98 Å². The summed E-state index contributed by atoms with van der Waals surface area (Å²) in [5.41, 5.74) is 2.08. The van der Waals surface area contributed by atoms with E-state index in [4.69, 9.17) is 5.11 Å². The van der Waals surface area contributed by atoms with Gasteiger partial charge in [-0.2, -0.15) is 0 Å². The van der Waals surface area contributed by atoms with Crippen molar-refractivity contribution in [3.63, 3.8) is 0 Å². The van der Waals surface area contributed by atoms with Crippen molar-refractivity contribution < 1.29 is 5.11 Å². The lowest BCUT2D eigenvalue weighted by molar-refractivity contribution is 0.282. The van der Waals surface area contributed by atoms with Crippen LogP contribution in [0.2, 0.25) is 0 Å². The number of halogens is 1. The van der Waals surface area contributed by atoms with Crippen LogP contribution in [0.5, 0.6) is 0 Å². The third-order valence-corrected chi connectivity index (χ3v) is 4.11. The monoisotopic (exact) mass is 342 g/mol. The molecule has 1 aromatic heterocycles. The fourth-order valence-electron chi connectivity index (χ4n) is 2.26. The van der Waals surface area contributed by atoms with E-state index in [-0.39, 0.29) is 6.61 Å². The van der Waals surface area contributed by atoms with Crippen molar-refractivity contribution in [1.29, 1.82) is 0 Å². The second kappa shape index (κ2) is 6.24. The molecule has 3 nitrogen and oxygen atoms in total. The second-order valence-corrected chi connectivity index (χ2v) is 5.68. The highest BCUT2D eigenvalue weighted by molar-refractivity contribution is 9.10. The minimum atomic E-state index is 0.0760.